The van der Waals surface area contributed by atoms with Crippen LogP contribution >= 0.6 is 23.5 Å². The van der Waals surface area contributed by atoms with Gasteiger partial charge in [0.25, 0.3) is 0 Å². The summed E-state index contributed by atoms with van der Waals surface area (Å²) >= 11 is 3.98. The number of unbranched alkanes of at least 4 members (excludes halogenated alkanes) is 1. The van der Waals surface area contributed by atoms with E-state index in [9.17, 15) is 5.11 Å². The molecule has 8 heteroatoms. The summed E-state index contributed by atoms with van der Waals surface area (Å²) in [6, 6.07) is 10.4. The van der Waals surface area contributed by atoms with Crippen LogP contribution in [0.5, 0.6) is 0 Å². The zero-order valence-corrected chi connectivity index (χ0v) is 31.2. The van der Waals surface area contributed by atoms with Crippen LogP contribution < -0.4 is 0 Å². The van der Waals surface area contributed by atoms with Crippen molar-refractivity contribution in [1.29, 1.82) is 0 Å². The third-order valence-electron chi connectivity index (χ3n) is 10.5. The van der Waals surface area contributed by atoms with Gasteiger partial charge in [-0.15, -0.1) is 23.5 Å². The van der Waals surface area contributed by atoms with E-state index < -0.39 is 20.2 Å². The minimum Gasteiger partial charge on any atom is -0.417 e. The van der Waals surface area contributed by atoms with Crippen LogP contribution in [0, 0.1) is 5.92 Å². The Balaban J connectivity index is 1.25. The Labute approximate surface area is 278 Å². The minimum absolute atomic E-state index is 0.0552. The van der Waals surface area contributed by atoms with Crippen molar-refractivity contribution in [1.82, 2.24) is 0 Å². The molecular weight excluding hydrogens is 605 g/mol. The predicted octanol–water partition coefficient (Wildman–Crippen LogP) is 9.57. The molecule has 3 fully saturated rings. The summed E-state index contributed by atoms with van der Waals surface area (Å²) in [7, 11) is -1.78. The van der Waals surface area contributed by atoms with Gasteiger partial charge in [0.05, 0.1) is 29.0 Å². The Kier molecular flexibility index (Phi) is 14.1. The van der Waals surface area contributed by atoms with Crippen molar-refractivity contribution < 1.29 is 23.7 Å². The highest BCUT2D eigenvalue weighted by Gasteiger charge is 2.49. The van der Waals surface area contributed by atoms with Gasteiger partial charge < -0.3 is 23.7 Å². The molecular formula is C36H62O5S2Si. The summed E-state index contributed by atoms with van der Waals surface area (Å²) in [6.45, 7) is 16.2. The first-order valence-corrected chi connectivity index (χ1v) is 22.4. The maximum absolute atomic E-state index is 11.9. The SMILES string of the molecule is C[C@H](CCO[Si](C)(C)C(C)(C)C)C1([C@H](O)C[C@@H]2CCC[C@]3(CCC[C@@H](CCCCOCc4ccccc4)O3)O2)SCCCS1. The highest BCUT2D eigenvalue weighted by atomic mass is 32.2. The van der Waals surface area contributed by atoms with Crippen molar-refractivity contribution in [3.63, 3.8) is 0 Å². The number of rotatable bonds is 15. The van der Waals surface area contributed by atoms with E-state index in [4.69, 9.17) is 18.6 Å². The Hall–Kier alpha value is -0.0631. The summed E-state index contributed by atoms with van der Waals surface area (Å²) in [5, 5.41) is 12.1. The molecule has 5 atom stereocenters. The van der Waals surface area contributed by atoms with E-state index in [-0.39, 0.29) is 21.3 Å². The third-order valence-corrected chi connectivity index (χ3v) is 19.0. The second kappa shape index (κ2) is 16.9. The van der Waals surface area contributed by atoms with E-state index >= 15 is 0 Å². The Morgan fingerprint density at radius 2 is 1.61 bits per heavy atom. The number of ether oxygens (including phenoxy) is 3. The van der Waals surface area contributed by atoms with Gasteiger partial charge in [-0.1, -0.05) is 58.0 Å². The highest BCUT2D eigenvalue weighted by Crippen LogP contribution is 2.53. The Bertz CT molecular complexity index is 963. The quantitative estimate of drug-likeness (QED) is 0.148. The van der Waals surface area contributed by atoms with Crippen molar-refractivity contribution >= 4 is 31.8 Å². The predicted molar refractivity (Wildman–Crippen MR) is 190 cm³/mol. The van der Waals surface area contributed by atoms with E-state index in [1.807, 2.05) is 29.6 Å². The van der Waals surface area contributed by atoms with E-state index in [1.54, 1.807) is 0 Å². The van der Waals surface area contributed by atoms with Gasteiger partial charge in [0.1, 0.15) is 0 Å². The van der Waals surface area contributed by atoms with Crippen molar-refractivity contribution in [2.75, 3.05) is 24.7 Å². The molecule has 0 bridgehead atoms. The van der Waals surface area contributed by atoms with Crippen molar-refractivity contribution in [2.24, 2.45) is 5.92 Å². The number of aliphatic hydroxyl groups excluding tert-OH is 1. The lowest BCUT2D eigenvalue weighted by molar-refractivity contribution is -0.317. The van der Waals surface area contributed by atoms with Gasteiger partial charge in [-0.3, -0.25) is 0 Å². The standard InChI is InChI=1S/C36H62O5S2Si/c1-29(20-24-39-44(5,6)34(2,3)4)36(42-25-14-26-43-36)33(37)27-32-19-13-22-35(41-32)21-12-18-31(40-35)17-10-11-23-38-28-30-15-8-7-9-16-30/h7-9,15-16,29,31-33,37H,10-14,17-28H2,1-6H3/t29-,31-,32+,33-,35+/m1/s1. The largest absolute Gasteiger partial charge is 0.417 e. The van der Waals surface area contributed by atoms with Crippen LogP contribution in [0.25, 0.3) is 0 Å². The first kappa shape index (κ1) is 36.8. The van der Waals surface area contributed by atoms with E-state index in [0.29, 0.717) is 18.9 Å². The molecule has 3 aliphatic rings. The number of hydrogen-bond donors (Lipinski definition) is 1. The molecule has 1 aromatic rings. The van der Waals surface area contributed by atoms with Gasteiger partial charge in [-0.25, -0.2) is 0 Å². The number of aliphatic hydroxyl groups is 1. The molecule has 0 aromatic heterocycles. The molecule has 0 aliphatic carbocycles. The van der Waals surface area contributed by atoms with Gasteiger partial charge in [0, 0.05) is 32.5 Å². The normalized spacial score (nSPS) is 27.7. The van der Waals surface area contributed by atoms with E-state index in [2.05, 4.69) is 65.1 Å². The summed E-state index contributed by atoms with van der Waals surface area (Å²) in [5.41, 5.74) is 1.23. The maximum atomic E-state index is 11.9. The zero-order chi connectivity index (χ0) is 31.7. The Morgan fingerprint density at radius 1 is 0.955 bits per heavy atom. The maximum Gasteiger partial charge on any atom is 0.191 e. The second-order valence-corrected chi connectivity index (χ2v) is 22.8. The summed E-state index contributed by atoms with van der Waals surface area (Å²) in [6.07, 6.45) is 12.4. The molecule has 3 saturated heterocycles. The molecule has 4 rings (SSSR count). The molecule has 0 unspecified atom stereocenters. The highest BCUT2D eigenvalue weighted by molar-refractivity contribution is 8.18. The number of hydrogen-bond acceptors (Lipinski definition) is 7. The average Bonchev–Trinajstić information content (AvgIpc) is 2.99. The van der Waals surface area contributed by atoms with Crippen molar-refractivity contribution in [3.8, 4) is 0 Å². The lowest BCUT2D eigenvalue weighted by atomic mass is 9.89. The topological polar surface area (TPSA) is 57.2 Å². The van der Waals surface area contributed by atoms with Crippen LogP contribution in [0.4, 0.5) is 0 Å². The van der Waals surface area contributed by atoms with Crippen LogP contribution in [0.1, 0.15) is 110 Å². The first-order chi connectivity index (χ1) is 20.9. The molecule has 3 heterocycles. The molecule has 44 heavy (non-hydrogen) atoms. The van der Waals surface area contributed by atoms with Crippen LogP contribution in [0.2, 0.25) is 18.1 Å². The van der Waals surface area contributed by atoms with Crippen LogP contribution in [0.3, 0.4) is 0 Å². The molecule has 1 aromatic carbocycles. The average molecular weight is 667 g/mol. The summed E-state index contributed by atoms with van der Waals surface area (Å²) in [4.78, 5) is 0. The molecule has 1 spiro atoms. The van der Waals surface area contributed by atoms with Gasteiger partial charge in [-0.05, 0) is 98.9 Å². The fourth-order valence-electron chi connectivity index (χ4n) is 6.71. The molecule has 3 aliphatic heterocycles. The monoisotopic (exact) mass is 666 g/mol. The fourth-order valence-corrected chi connectivity index (χ4v) is 11.4. The smallest absolute Gasteiger partial charge is 0.191 e. The number of benzene rings is 1. The van der Waals surface area contributed by atoms with Gasteiger partial charge in [0.15, 0.2) is 14.1 Å². The number of thioether (sulfide) groups is 2. The van der Waals surface area contributed by atoms with E-state index in [0.717, 1.165) is 88.9 Å². The van der Waals surface area contributed by atoms with Crippen molar-refractivity contribution in [2.45, 2.75) is 158 Å². The summed E-state index contributed by atoms with van der Waals surface area (Å²) < 4.78 is 25.9. The molecule has 5 nitrogen and oxygen atoms in total. The Morgan fingerprint density at radius 3 is 2.30 bits per heavy atom. The fraction of sp³-hybridized carbons (Fsp3) is 0.833. The van der Waals surface area contributed by atoms with Crippen LogP contribution in [-0.4, -0.2) is 66.3 Å². The first-order valence-electron chi connectivity index (χ1n) is 17.5. The lowest BCUT2D eigenvalue weighted by Crippen LogP contribution is -2.51. The molecule has 0 saturated carbocycles. The van der Waals surface area contributed by atoms with Crippen LogP contribution in [0.15, 0.2) is 30.3 Å². The van der Waals surface area contributed by atoms with Gasteiger partial charge >= 0.3 is 0 Å². The third kappa shape index (κ3) is 10.2. The molecule has 0 amide bonds. The second-order valence-electron chi connectivity index (χ2n) is 15.0. The lowest BCUT2D eigenvalue weighted by Gasteiger charge is -2.49. The van der Waals surface area contributed by atoms with E-state index in [1.165, 1.54) is 12.0 Å². The zero-order valence-electron chi connectivity index (χ0n) is 28.6. The minimum atomic E-state index is -1.78. The molecule has 1 N–H and O–H groups in total. The molecule has 0 radical (unpaired) electrons. The van der Waals surface area contributed by atoms with Gasteiger partial charge in [-0.2, -0.15) is 0 Å². The van der Waals surface area contributed by atoms with Gasteiger partial charge in [0.2, 0.25) is 0 Å². The van der Waals surface area contributed by atoms with Crippen LogP contribution in [-0.2, 0) is 25.2 Å². The summed E-state index contributed by atoms with van der Waals surface area (Å²) in [5.74, 6) is 2.14. The molecule has 252 valence electrons. The van der Waals surface area contributed by atoms with Crippen molar-refractivity contribution in [3.05, 3.63) is 35.9 Å².